The fourth-order valence-electron chi connectivity index (χ4n) is 3.59. The van der Waals surface area contributed by atoms with Gasteiger partial charge in [-0.1, -0.05) is 32.4 Å². The maximum atomic E-state index is 12.8. The number of aromatic nitrogens is 1. The molecule has 0 aliphatic carbocycles. The van der Waals surface area contributed by atoms with Gasteiger partial charge < -0.3 is 20.1 Å². The molecular weight excluding hydrogens is 366 g/mol. The molecule has 2 atom stereocenters. The van der Waals surface area contributed by atoms with Crippen LogP contribution in [0.5, 0.6) is 0 Å². The molecule has 7 heteroatoms. The highest BCUT2D eigenvalue weighted by molar-refractivity contribution is 6.32. The SMILES string of the molecule is CC(C)(C)OC(=O)N1CCC[C@@H](Nc2ncc(CO)cc2Cl)C1C(C)(C)C. The summed E-state index contributed by atoms with van der Waals surface area (Å²) in [6.07, 6.45) is 3.09. The topological polar surface area (TPSA) is 74.7 Å². The molecule has 1 aromatic heterocycles. The lowest BCUT2D eigenvalue weighted by Crippen LogP contribution is -2.59. The quantitative estimate of drug-likeness (QED) is 0.787. The average Bonchev–Trinajstić information content (AvgIpc) is 2.54. The van der Waals surface area contributed by atoms with Crippen molar-refractivity contribution in [2.75, 3.05) is 11.9 Å². The molecule has 27 heavy (non-hydrogen) atoms. The third kappa shape index (κ3) is 5.72. The minimum atomic E-state index is -0.537. The molecule has 1 unspecified atom stereocenters. The third-order valence-corrected chi connectivity index (χ3v) is 4.84. The summed E-state index contributed by atoms with van der Waals surface area (Å²) >= 11 is 6.33. The Hall–Kier alpha value is -1.53. The van der Waals surface area contributed by atoms with Gasteiger partial charge in [0.2, 0.25) is 0 Å². The lowest BCUT2D eigenvalue weighted by molar-refractivity contribution is -0.0104. The van der Waals surface area contributed by atoms with E-state index in [9.17, 15) is 9.90 Å². The maximum absolute atomic E-state index is 12.8. The van der Waals surface area contributed by atoms with Crippen LogP contribution in [0.2, 0.25) is 5.02 Å². The monoisotopic (exact) mass is 397 g/mol. The van der Waals surface area contributed by atoms with Gasteiger partial charge in [-0.3, -0.25) is 0 Å². The van der Waals surface area contributed by atoms with E-state index < -0.39 is 5.60 Å². The van der Waals surface area contributed by atoms with Gasteiger partial charge in [-0.2, -0.15) is 0 Å². The zero-order valence-corrected chi connectivity index (χ0v) is 17.9. The molecular formula is C20H32ClN3O3. The van der Waals surface area contributed by atoms with Crippen molar-refractivity contribution >= 4 is 23.5 Å². The zero-order valence-electron chi connectivity index (χ0n) is 17.2. The van der Waals surface area contributed by atoms with E-state index in [0.29, 0.717) is 22.9 Å². The number of carbonyl (C=O) groups is 1. The number of hydrogen-bond donors (Lipinski definition) is 2. The van der Waals surface area contributed by atoms with Crippen molar-refractivity contribution < 1.29 is 14.6 Å². The molecule has 0 aromatic carbocycles. The van der Waals surface area contributed by atoms with Gasteiger partial charge in [0.25, 0.3) is 0 Å². The number of hydrogen-bond acceptors (Lipinski definition) is 5. The number of nitrogens with one attached hydrogen (secondary N) is 1. The van der Waals surface area contributed by atoms with Gasteiger partial charge in [-0.05, 0) is 50.7 Å². The summed E-state index contributed by atoms with van der Waals surface area (Å²) in [4.78, 5) is 19.0. The summed E-state index contributed by atoms with van der Waals surface area (Å²) in [6, 6.07) is 1.63. The number of likely N-dealkylation sites (tertiary alicyclic amines) is 1. The van der Waals surface area contributed by atoms with Crippen molar-refractivity contribution in [2.24, 2.45) is 5.41 Å². The molecule has 2 rings (SSSR count). The number of halogens is 1. The van der Waals surface area contributed by atoms with Crippen molar-refractivity contribution in [3.05, 3.63) is 22.8 Å². The number of aliphatic hydroxyl groups excluding tert-OH is 1. The molecule has 1 amide bonds. The highest BCUT2D eigenvalue weighted by atomic mass is 35.5. The molecule has 152 valence electrons. The van der Waals surface area contributed by atoms with Gasteiger partial charge in [-0.15, -0.1) is 0 Å². The number of nitrogens with zero attached hydrogens (tertiary/aromatic N) is 2. The first-order chi connectivity index (χ1) is 12.4. The van der Waals surface area contributed by atoms with E-state index in [1.165, 1.54) is 0 Å². The Labute approximate surface area is 167 Å². The second kappa shape index (κ2) is 8.23. The molecule has 1 aromatic rings. The highest BCUT2D eigenvalue weighted by Crippen LogP contribution is 2.35. The second-order valence-electron chi connectivity index (χ2n) is 9.21. The van der Waals surface area contributed by atoms with Gasteiger partial charge in [0.15, 0.2) is 0 Å². The summed E-state index contributed by atoms with van der Waals surface area (Å²) in [5.41, 5.74) is -0.0332. The standard InChI is InChI=1S/C20H32ClN3O3/c1-19(2,3)16-15(23-17-14(21)10-13(12-25)11-22-17)8-7-9-24(16)18(26)27-20(4,5)6/h10-11,15-16,25H,7-9,12H2,1-6H3,(H,22,23)/t15-,16?/m1/s1. The Morgan fingerprint density at radius 1 is 1.37 bits per heavy atom. The van der Waals surface area contributed by atoms with Crippen molar-refractivity contribution in [3.63, 3.8) is 0 Å². The molecule has 2 N–H and O–H groups in total. The first kappa shape index (κ1) is 21.8. The van der Waals surface area contributed by atoms with Crippen LogP contribution >= 0.6 is 11.6 Å². The first-order valence-corrected chi connectivity index (χ1v) is 9.81. The van der Waals surface area contributed by atoms with E-state index in [2.05, 4.69) is 31.1 Å². The number of carbonyl (C=O) groups excluding carboxylic acids is 1. The molecule has 0 bridgehead atoms. The number of ether oxygens (including phenoxy) is 1. The van der Waals surface area contributed by atoms with Crippen LogP contribution in [0.25, 0.3) is 0 Å². The van der Waals surface area contributed by atoms with E-state index in [0.717, 1.165) is 12.8 Å². The van der Waals surface area contributed by atoms with Crippen LogP contribution in [0.4, 0.5) is 10.6 Å². The number of amides is 1. The smallest absolute Gasteiger partial charge is 0.410 e. The van der Waals surface area contributed by atoms with E-state index in [1.54, 1.807) is 12.3 Å². The van der Waals surface area contributed by atoms with Crippen molar-refractivity contribution in [3.8, 4) is 0 Å². The zero-order chi connectivity index (χ0) is 20.4. The van der Waals surface area contributed by atoms with Gasteiger partial charge >= 0.3 is 6.09 Å². The van der Waals surface area contributed by atoms with E-state index in [-0.39, 0.29) is 30.2 Å². The Balaban J connectivity index is 2.27. The van der Waals surface area contributed by atoms with Gasteiger partial charge in [0, 0.05) is 18.8 Å². The molecule has 2 heterocycles. The summed E-state index contributed by atoms with van der Waals surface area (Å²) in [6.45, 7) is 12.6. The summed E-state index contributed by atoms with van der Waals surface area (Å²) in [7, 11) is 0. The maximum Gasteiger partial charge on any atom is 0.410 e. The predicted octanol–water partition coefficient (Wildman–Crippen LogP) is 4.45. The number of rotatable bonds is 3. The fraction of sp³-hybridized carbons (Fsp3) is 0.700. The second-order valence-corrected chi connectivity index (χ2v) is 9.62. The van der Waals surface area contributed by atoms with Crippen LogP contribution in [0.15, 0.2) is 12.3 Å². The van der Waals surface area contributed by atoms with Crippen LogP contribution in [0, 0.1) is 5.41 Å². The Kier molecular flexibility index (Phi) is 6.63. The Morgan fingerprint density at radius 3 is 2.56 bits per heavy atom. The minimum Gasteiger partial charge on any atom is -0.444 e. The largest absolute Gasteiger partial charge is 0.444 e. The molecule has 1 aliphatic heterocycles. The van der Waals surface area contributed by atoms with E-state index >= 15 is 0 Å². The molecule has 1 saturated heterocycles. The number of piperidine rings is 1. The van der Waals surface area contributed by atoms with Crippen LogP contribution in [0.1, 0.15) is 59.9 Å². The number of aliphatic hydroxyl groups is 1. The molecule has 6 nitrogen and oxygen atoms in total. The van der Waals surface area contributed by atoms with Gasteiger partial charge in [0.05, 0.1) is 17.7 Å². The van der Waals surface area contributed by atoms with Crippen molar-refractivity contribution in [1.82, 2.24) is 9.88 Å². The number of pyridine rings is 1. The summed E-state index contributed by atoms with van der Waals surface area (Å²) in [5, 5.41) is 13.1. The predicted molar refractivity (Wildman–Crippen MR) is 108 cm³/mol. The highest BCUT2D eigenvalue weighted by Gasteiger charge is 2.43. The minimum absolute atomic E-state index is 0.00348. The lowest BCUT2D eigenvalue weighted by Gasteiger charge is -2.48. The first-order valence-electron chi connectivity index (χ1n) is 9.44. The summed E-state index contributed by atoms with van der Waals surface area (Å²) < 4.78 is 5.64. The normalized spacial score (nSPS) is 21.1. The van der Waals surface area contributed by atoms with Crippen LogP contribution in [-0.2, 0) is 11.3 Å². The molecule has 0 radical (unpaired) electrons. The van der Waals surface area contributed by atoms with Crippen LogP contribution < -0.4 is 5.32 Å². The number of anilines is 1. The van der Waals surface area contributed by atoms with Crippen LogP contribution in [0.3, 0.4) is 0 Å². The Morgan fingerprint density at radius 2 is 2.04 bits per heavy atom. The molecule has 1 fully saturated rings. The molecule has 0 saturated carbocycles. The van der Waals surface area contributed by atoms with E-state index in [1.807, 2.05) is 25.7 Å². The lowest BCUT2D eigenvalue weighted by atomic mass is 9.77. The molecule has 0 spiro atoms. The van der Waals surface area contributed by atoms with Crippen LogP contribution in [-0.4, -0.2) is 45.3 Å². The molecule has 1 aliphatic rings. The van der Waals surface area contributed by atoms with Gasteiger partial charge in [0.1, 0.15) is 11.4 Å². The Bertz CT molecular complexity index is 667. The fourth-order valence-corrected chi connectivity index (χ4v) is 3.83. The van der Waals surface area contributed by atoms with Crippen molar-refractivity contribution in [1.29, 1.82) is 0 Å². The third-order valence-electron chi connectivity index (χ3n) is 4.55. The van der Waals surface area contributed by atoms with Crippen molar-refractivity contribution in [2.45, 2.75) is 78.7 Å². The average molecular weight is 398 g/mol. The summed E-state index contributed by atoms with van der Waals surface area (Å²) in [5.74, 6) is 0.569. The van der Waals surface area contributed by atoms with Gasteiger partial charge in [-0.25, -0.2) is 9.78 Å². The van der Waals surface area contributed by atoms with E-state index in [4.69, 9.17) is 16.3 Å².